The molecule has 2 N–H and O–H groups in total. The van der Waals surface area contributed by atoms with Crippen molar-refractivity contribution in [3.8, 4) is 0 Å². The van der Waals surface area contributed by atoms with Gasteiger partial charge in [-0.1, -0.05) is 12.1 Å². The molecule has 2 aromatic carbocycles. The third-order valence-electron chi connectivity index (χ3n) is 3.97. The highest BCUT2D eigenvalue weighted by Crippen LogP contribution is 2.18. The molecule has 0 aliphatic heterocycles. The van der Waals surface area contributed by atoms with Gasteiger partial charge < -0.3 is 15.4 Å². The van der Waals surface area contributed by atoms with E-state index in [4.69, 9.17) is 4.74 Å². The van der Waals surface area contributed by atoms with Crippen LogP contribution in [0.5, 0.6) is 0 Å². The van der Waals surface area contributed by atoms with Crippen LogP contribution in [0.2, 0.25) is 0 Å². The quantitative estimate of drug-likeness (QED) is 0.617. The van der Waals surface area contributed by atoms with Crippen molar-refractivity contribution < 1.29 is 14.3 Å². The van der Waals surface area contributed by atoms with E-state index >= 15 is 0 Å². The first kappa shape index (κ1) is 19.1. The van der Waals surface area contributed by atoms with E-state index in [2.05, 4.69) is 15.6 Å². The van der Waals surface area contributed by atoms with Crippen LogP contribution >= 0.6 is 0 Å². The molecule has 0 aliphatic rings. The predicted octanol–water partition coefficient (Wildman–Crippen LogP) is 4.56. The summed E-state index contributed by atoms with van der Waals surface area (Å²) in [4.78, 5) is 28.4. The van der Waals surface area contributed by atoms with Gasteiger partial charge in [0.2, 0.25) is 0 Å². The number of carbonyl (C=O) groups excluding carboxylic acids is 2. The summed E-state index contributed by atoms with van der Waals surface area (Å²) in [5.41, 5.74) is 3.53. The molecule has 0 unspecified atom stereocenters. The number of aromatic nitrogens is 1. The van der Waals surface area contributed by atoms with Gasteiger partial charge in [0.1, 0.15) is 5.82 Å². The number of aryl methyl sites for hydroxylation is 1. The number of nitrogens with zero attached hydrogens (tertiary/aromatic N) is 1. The average molecular weight is 375 g/mol. The van der Waals surface area contributed by atoms with E-state index in [-0.39, 0.29) is 11.9 Å². The van der Waals surface area contributed by atoms with Crippen molar-refractivity contribution in [2.75, 3.05) is 17.2 Å². The Labute approximate surface area is 163 Å². The van der Waals surface area contributed by atoms with E-state index in [1.54, 1.807) is 49.5 Å². The van der Waals surface area contributed by atoms with Crippen LogP contribution in [0.25, 0.3) is 0 Å². The minimum Gasteiger partial charge on any atom is -0.462 e. The molecule has 28 heavy (non-hydrogen) atoms. The standard InChI is InChI=1S/C22H21N3O3/c1-3-28-22(27)16-7-9-18(10-8-16)24-20-14-17(11-12-23-20)21(26)25-19-6-4-5-15(2)13-19/h4-14H,3H2,1-2H3,(H,23,24)(H,25,26). The fraction of sp³-hybridized carbons (Fsp3) is 0.136. The molecule has 1 aromatic heterocycles. The fourth-order valence-electron chi connectivity index (χ4n) is 2.62. The number of anilines is 3. The summed E-state index contributed by atoms with van der Waals surface area (Å²) >= 11 is 0. The number of pyridine rings is 1. The highest BCUT2D eigenvalue weighted by molar-refractivity contribution is 6.04. The Morgan fingerprint density at radius 3 is 2.46 bits per heavy atom. The molecule has 0 fully saturated rings. The van der Waals surface area contributed by atoms with Gasteiger partial charge in [-0.05, 0) is 67.9 Å². The number of esters is 1. The molecule has 0 aliphatic carbocycles. The lowest BCUT2D eigenvalue weighted by Crippen LogP contribution is -2.12. The SMILES string of the molecule is CCOC(=O)c1ccc(Nc2cc(C(=O)Nc3cccc(C)c3)ccn2)cc1. The van der Waals surface area contributed by atoms with E-state index < -0.39 is 0 Å². The van der Waals surface area contributed by atoms with Gasteiger partial charge >= 0.3 is 5.97 Å². The Morgan fingerprint density at radius 1 is 0.964 bits per heavy atom. The second-order valence-electron chi connectivity index (χ2n) is 6.18. The molecule has 3 rings (SSSR count). The van der Waals surface area contributed by atoms with E-state index in [0.717, 1.165) is 16.9 Å². The molecule has 1 amide bonds. The second-order valence-corrected chi connectivity index (χ2v) is 6.18. The molecule has 6 nitrogen and oxygen atoms in total. The number of benzene rings is 2. The molecule has 3 aromatic rings. The van der Waals surface area contributed by atoms with Gasteiger partial charge in [0.15, 0.2) is 0 Å². The van der Waals surface area contributed by atoms with Gasteiger partial charge in [-0.3, -0.25) is 4.79 Å². The normalized spacial score (nSPS) is 10.2. The molecule has 0 saturated heterocycles. The van der Waals surface area contributed by atoms with Crippen LogP contribution in [0.15, 0.2) is 66.9 Å². The van der Waals surface area contributed by atoms with Crippen molar-refractivity contribution >= 4 is 29.1 Å². The van der Waals surface area contributed by atoms with E-state index in [9.17, 15) is 9.59 Å². The van der Waals surface area contributed by atoms with Crippen LogP contribution in [0.1, 0.15) is 33.2 Å². The number of carbonyl (C=O) groups is 2. The van der Waals surface area contributed by atoms with Crippen LogP contribution in [-0.4, -0.2) is 23.5 Å². The van der Waals surface area contributed by atoms with Crippen LogP contribution in [-0.2, 0) is 4.74 Å². The lowest BCUT2D eigenvalue weighted by atomic mass is 10.2. The molecule has 1 heterocycles. The summed E-state index contributed by atoms with van der Waals surface area (Å²) in [5, 5.41) is 6.00. The molecule has 6 heteroatoms. The smallest absolute Gasteiger partial charge is 0.338 e. The topological polar surface area (TPSA) is 80.3 Å². The van der Waals surface area contributed by atoms with E-state index in [0.29, 0.717) is 23.6 Å². The fourth-order valence-corrected chi connectivity index (χ4v) is 2.62. The summed E-state index contributed by atoms with van der Waals surface area (Å²) in [5.74, 6) is -0.0449. The summed E-state index contributed by atoms with van der Waals surface area (Å²) in [6.07, 6.45) is 1.57. The third kappa shape index (κ3) is 4.94. The predicted molar refractivity (Wildman–Crippen MR) is 109 cm³/mol. The molecule has 0 bridgehead atoms. The lowest BCUT2D eigenvalue weighted by Gasteiger charge is -2.09. The molecular weight excluding hydrogens is 354 g/mol. The first-order valence-corrected chi connectivity index (χ1v) is 8.93. The Bertz CT molecular complexity index is 984. The zero-order chi connectivity index (χ0) is 19.9. The second kappa shape index (κ2) is 8.81. The largest absolute Gasteiger partial charge is 0.462 e. The summed E-state index contributed by atoms with van der Waals surface area (Å²) < 4.78 is 4.97. The van der Waals surface area contributed by atoms with Crippen LogP contribution < -0.4 is 10.6 Å². The van der Waals surface area contributed by atoms with E-state index in [1.165, 1.54) is 0 Å². The molecular formula is C22H21N3O3. The minimum atomic E-state index is -0.359. The lowest BCUT2D eigenvalue weighted by molar-refractivity contribution is 0.0526. The highest BCUT2D eigenvalue weighted by atomic mass is 16.5. The van der Waals surface area contributed by atoms with Crippen molar-refractivity contribution in [3.05, 3.63) is 83.6 Å². The van der Waals surface area contributed by atoms with Crippen molar-refractivity contribution in [2.24, 2.45) is 0 Å². The van der Waals surface area contributed by atoms with Gasteiger partial charge in [-0.2, -0.15) is 0 Å². The van der Waals surface area contributed by atoms with Crippen LogP contribution in [0, 0.1) is 6.92 Å². The van der Waals surface area contributed by atoms with Crippen molar-refractivity contribution in [1.29, 1.82) is 0 Å². The maximum absolute atomic E-state index is 12.5. The molecule has 0 atom stereocenters. The third-order valence-corrected chi connectivity index (χ3v) is 3.97. The van der Waals surface area contributed by atoms with E-state index in [1.807, 2.05) is 31.2 Å². The molecule has 0 radical (unpaired) electrons. The Kier molecular flexibility index (Phi) is 6.01. The van der Waals surface area contributed by atoms with Crippen LogP contribution in [0.3, 0.4) is 0 Å². The van der Waals surface area contributed by atoms with Crippen LogP contribution in [0.4, 0.5) is 17.2 Å². The zero-order valence-corrected chi connectivity index (χ0v) is 15.7. The average Bonchev–Trinajstić information content (AvgIpc) is 2.69. The Morgan fingerprint density at radius 2 is 1.75 bits per heavy atom. The number of hydrogen-bond acceptors (Lipinski definition) is 5. The first-order valence-electron chi connectivity index (χ1n) is 8.93. The van der Waals surface area contributed by atoms with Crippen molar-refractivity contribution in [2.45, 2.75) is 13.8 Å². The van der Waals surface area contributed by atoms with Gasteiger partial charge in [0.25, 0.3) is 5.91 Å². The maximum Gasteiger partial charge on any atom is 0.338 e. The summed E-state index contributed by atoms with van der Waals surface area (Å²) in [6.45, 7) is 4.07. The summed E-state index contributed by atoms with van der Waals surface area (Å²) in [6, 6.07) is 17.8. The molecule has 0 saturated carbocycles. The summed E-state index contributed by atoms with van der Waals surface area (Å²) in [7, 11) is 0. The van der Waals surface area contributed by atoms with Gasteiger partial charge in [-0.25, -0.2) is 9.78 Å². The first-order chi connectivity index (χ1) is 13.5. The number of rotatable bonds is 6. The Hall–Kier alpha value is -3.67. The zero-order valence-electron chi connectivity index (χ0n) is 15.7. The van der Waals surface area contributed by atoms with Gasteiger partial charge in [0.05, 0.1) is 12.2 Å². The number of amides is 1. The monoisotopic (exact) mass is 375 g/mol. The maximum atomic E-state index is 12.5. The number of hydrogen-bond donors (Lipinski definition) is 2. The molecule has 142 valence electrons. The van der Waals surface area contributed by atoms with Gasteiger partial charge in [0, 0.05) is 23.1 Å². The minimum absolute atomic E-state index is 0.214. The molecule has 0 spiro atoms. The van der Waals surface area contributed by atoms with Gasteiger partial charge in [-0.15, -0.1) is 0 Å². The number of nitrogens with one attached hydrogen (secondary N) is 2. The highest BCUT2D eigenvalue weighted by Gasteiger charge is 2.09. The van der Waals surface area contributed by atoms with Crippen molar-refractivity contribution in [1.82, 2.24) is 4.98 Å². The Balaban J connectivity index is 1.69. The van der Waals surface area contributed by atoms with Crippen molar-refractivity contribution in [3.63, 3.8) is 0 Å². The number of ether oxygens (including phenoxy) is 1.